The first-order valence-electron chi connectivity index (χ1n) is 9.78. The van der Waals surface area contributed by atoms with E-state index in [2.05, 4.69) is 15.3 Å². The van der Waals surface area contributed by atoms with E-state index in [9.17, 15) is 4.79 Å². The fraction of sp³-hybridized carbons (Fsp3) is 0.318. The van der Waals surface area contributed by atoms with Gasteiger partial charge in [-0.25, -0.2) is 0 Å². The first-order chi connectivity index (χ1) is 14.2. The average Bonchev–Trinajstić information content (AvgIpc) is 3.30. The minimum absolute atomic E-state index is 0.0351. The second-order valence-corrected chi connectivity index (χ2v) is 7.10. The lowest BCUT2D eigenvalue weighted by atomic mass is 9.92. The van der Waals surface area contributed by atoms with Crippen LogP contribution in [-0.4, -0.2) is 39.7 Å². The molecule has 4 rings (SSSR count). The summed E-state index contributed by atoms with van der Waals surface area (Å²) in [4.78, 5) is 20.9. The summed E-state index contributed by atoms with van der Waals surface area (Å²) in [6.45, 7) is 0. The van der Waals surface area contributed by atoms with E-state index in [0.717, 1.165) is 31.4 Å². The molecule has 1 aromatic carbocycles. The molecule has 0 atom stereocenters. The molecule has 7 heteroatoms. The summed E-state index contributed by atoms with van der Waals surface area (Å²) in [5, 5.41) is 3.14. The SMILES string of the molecule is COc1cncc(OC2CCC(NC(=O)c3ccc(-n4cccc4)cc3)CC2)n1. The van der Waals surface area contributed by atoms with E-state index < -0.39 is 0 Å². The van der Waals surface area contributed by atoms with E-state index in [1.807, 2.05) is 53.4 Å². The van der Waals surface area contributed by atoms with Gasteiger partial charge in [0.25, 0.3) is 5.91 Å². The number of ether oxygens (including phenoxy) is 2. The molecule has 1 fully saturated rings. The van der Waals surface area contributed by atoms with Crippen molar-refractivity contribution >= 4 is 5.91 Å². The summed E-state index contributed by atoms with van der Waals surface area (Å²) in [6, 6.07) is 11.7. The standard InChI is InChI=1S/C22H24N4O3/c1-28-20-14-23-15-21(25-20)29-19-10-6-17(7-11-19)24-22(27)16-4-8-18(9-5-16)26-12-2-3-13-26/h2-5,8-9,12-15,17,19H,6-7,10-11H2,1H3,(H,24,27). The Bertz CT molecular complexity index is 933. The summed E-state index contributed by atoms with van der Waals surface area (Å²) in [5.41, 5.74) is 1.70. The van der Waals surface area contributed by atoms with E-state index in [1.165, 1.54) is 0 Å². The molecule has 150 valence electrons. The van der Waals surface area contributed by atoms with Gasteiger partial charge in [0.05, 0.1) is 19.5 Å². The zero-order chi connectivity index (χ0) is 20.1. The molecule has 2 aromatic heterocycles. The first kappa shape index (κ1) is 19.0. The maximum atomic E-state index is 12.6. The summed E-state index contributed by atoms with van der Waals surface area (Å²) in [5.74, 6) is 0.873. The van der Waals surface area contributed by atoms with Gasteiger partial charge in [0.1, 0.15) is 6.10 Å². The van der Waals surface area contributed by atoms with Gasteiger partial charge < -0.3 is 19.4 Å². The number of hydrogen-bond donors (Lipinski definition) is 1. The molecule has 0 unspecified atom stereocenters. The van der Waals surface area contributed by atoms with Crippen LogP contribution in [0, 0.1) is 0 Å². The lowest BCUT2D eigenvalue weighted by Gasteiger charge is -2.29. The summed E-state index contributed by atoms with van der Waals surface area (Å²) in [7, 11) is 1.55. The molecule has 2 heterocycles. The average molecular weight is 392 g/mol. The van der Waals surface area contributed by atoms with Gasteiger partial charge in [0, 0.05) is 29.7 Å². The van der Waals surface area contributed by atoms with E-state index in [0.29, 0.717) is 17.3 Å². The Morgan fingerprint density at radius 2 is 1.72 bits per heavy atom. The maximum absolute atomic E-state index is 12.6. The number of aromatic nitrogens is 3. The number of nitrogens with one attached hydrogen (secondary N) is 1. The van der Waals surface area contributed by atoms with Crippen LogP contribution in [0.1, 0.15) is 36.0 Å². The third-order valence-corrected chi connectivity index (χ3v) is 5.13. The zero-order valence-electron chi connectivity index (χ0n) is 16.3. The van der Waals surface area contributed by atoms with Crippen molar-refractivity contribution in [3.63, 3.8) is 0 Å². The Balaban J connectivity index is 1.27. The third kappa shape index (κ3) is 4.74. The molecule has 0 aliphatic heterocycles. The smallest absolute Gasteiger partial charge is 0.251 e. The Morgan fingerprint density at radius 1 is 1.03 bits per heavy atom. The van der Waals surface area contributed by atoms with Crippen LogP contribution in [0.3, 0.4) is 0 Å². The van der Waals surface area contributed by atoms with Crippen LogP contribution in [-0.2, 0) is 0 Å². The minimum Gasteiger partial charge on any atom is -0.480 e. The van der Waals surface area contributed by atoms with Gasteiger partial charge in [-0.15, -0.1) is 0 Å². The summed E-state index contributed by atoms with van der Waals surface area (Å²) < 4.78 is 13.0. The molecule has 0 spiro atoms. The highest BCUT2D eigenvalue weighted by Gasteiger charge is 2.24. The summed E-state index contributed by atoms with van der Waals surface area (Å²) >= 11 is 0. The van der Waals surface area contributed by atoms with Gasteiger partial charge in [0.15, 0.2) is 0 Å². The molecule has 7 nitrogen and oxygen atoms in total. The van der Waals surface area contributed by atoms with Crippen LogP contribution in [0.2, 0.25) is 0 Å². The van der Waals surface area contributed by atoms with E-state index in [4.69, 9.17) is 9.47 Å². The molecule has 1 aliphatic carbocycles. The van der Waals surface area contributed by atoms with E-state index in [-0.39, 0.29) is 18.1 Å². The lowest BCUT2D eigenvalue weighted by molar-refractivity contribution is 0.0889. The van der Waals surface area contributed by atoms with Crippen molar-refractivity contribution in [3.05, 3.63) is 66.7 Å². The van der Waals surface area contributed by atoms with Gasteiger partial charge in [0.2, 0.25) is 11.8 Å². The molecule has 1 aliphatic rings. The fourth-order valence-corrected chi connectivity index (χ4v) is 3.54. The number of amides is 1. The Hall–Kier alpha value is -3.35. The Labute approximate surface area is 169 Å². The third-order valence-electron chi connectivity index (χ3n) is 5.13. The quantitative estimate of drug-likeness (QED) is 0.696. The van der Waals surface area contributed by atoms with Crippen molar-refractivity contribution in [1.82, 2.24) is 19.9 Å². The number of carbonyl (C=O) groups excluding carboxylic acids is 1. The zero-order valence-corrected chi connectivity index (χ0v) is 16.3. The number of benzene rings is 1. The molecule has 1 saturated carbocycles. The normalized spacial score (nSPS) is 18.8. The monoisotopic (exact) mass is 392 g/mol. The topological polar surface area (TPSA) is 78.3 Å². The fourth-order valence-electron chi connectivity index (χ4n) is 3.54. The van der Waals surface area contributed by atoms with Crippen LogP contribution in [0.5, 0.6) is 11.8 Å². The van der Waals surface area contributed by atoms with Crippen LogP contribution >= 0.6 is 0 Å². The Kier molecular flexibility index (Phi) is 5.74. The molecule has 0 radical (unpaired) electrons. The second-order valence-electron chi connectivity index (χ2n) is 7.10. The van der Waals surface area contributed by atoms with Gasteiger partial charge in [-0.1, -0.05) is 0 Å². The van der Waals surface area contributed by atoms with Crippen molar-refractivity contribution in [1.29, 1.82) is 0 Å². The molecule has 1 N–H and O–H groups in total. The molecule has 0 bridgehead atoms. The van der Waals surface area contributed by atoms with Crippen LogP contribution in [0.25, 0.3) is 5.69 Å². The molecule has 1 amide bonds. The Morgan fingerprint density at radius 3 is 2.41 bits per heavy atom. The predicted octanol–water partition coefficient (Wildman–Crippen LogP) is 3.40. The van der Waals surface area contributed by atoms with Gasteiger partial charge >= 0.3 is 0 Å². The number of rotatable bonds is 6. The van der Waals surface area contributed by atoms with Crippen molar-refractivity contribution in [2.75, 3.05) is 7.11 Å². The molecule has 29 heavy (non-hydrogen) atoms. The number of hydrogen-bond acceptors (Lipinski definition) is 5. The van der Waals surface area contributed by atoms with Crippen LogP contribution in [0.15, 0.2) is 61.2 Å². The van der Waals surface area contributed by atoms with Crippen LogP contribution < -0.4 is 14.8 Å². The molecular weight excluding hydrogens is 368 g/mol. The number of methoxy groups -OCH3 is 1. The molecular formula is C22H24N4O3. The summed E-state index contributed by atoms with van der Waals surface area (Å²) in [6.07, 6.45) is 10.6. The van der Waals surface area contributed by atoms with E-state index in [1.54, 1.807) is 19.5 Å². The van der Waals surface area contributed by atoms with Crippen molar-refractivity contribution in [2.24, 2.45) is 0 Å². The highest BCUT2D eigenvalue weighted by Crippen LogP contribution is 2.24. The highest BCUT2D eigenvalue weighted by molar-refractivity contribution is 5.94. The lowest BCUT2D eigenvalue weighted by Crippen LogP contribution is -2.39. The van der Waals surface area contributed by atoms with Gasteiger partial charge in [-0.3, -0.25) is 9.78 Å². The predicted molar refractivity (Wildman–Crippen MR) is 108 cm³/mol. The number of carbonyl (C=O) groups is 1. The van der Waals surface area contributed by atoms with Gasteiger partial charge in [-0.2, -0.15) is 4.98 Å². The number of nitrogens with zero attached hydrogens (tertiary/aromatic N) is 3. The van der Waals surface area contributed by atoms with Crippen molar-refractivity contribution in [3.8, 4) is 17.4 Å². The van der Waals surface area contributed by atoms with Gasteiger partial charge in [-0.05, 0) is 62.1 Å². The largest absolute Gasteiger partial charge is 0.480 e. The second kappa shape index (κ2) is 8.77. The molecule has 3 aromatic rings. The van der Waals surface area contributed by atoms with Crippen molar-refractivity contribution in [2.45, 2.75) is 37.8 Å². The maximum Gasteiger partial charge on any atom is 0.251 e. The first-order valence-corrected chi connectivity index (χ1v) is 9.78. The minimum atomic E-state index is -0.0351. The van der Waals surface area contributed by atoms with Crippen LogP contribution in [0.4, 0.5) is 0 Å². The highest BCUT2D eigenvalue weighted by atomic mass is 16.5. The van der Waals surface area contributed by atoms with Crippen molar-refractivity contribution < 1.29 is 14.3 Å². The van der Waals surface area contributed by atoms with E-state index >= 15 is 0 Å². The molecule has 0 saturated heterocycles.